The fourth-order valence-corrected chi connectivity index (χ4v) is 1.51. The van der Waals surface area contributed by atoms with Crippen molar-refractivity contribution in [3.8, 4) is 0 Å². The van der Waals surface area contributed by atoms with Crippen molar-refractivity contribution >= 4 is 6.09 Å². The van der Waals surface area contributed by atoms with Gasteiger partial charge in [0.05, 0.1) is 12.4 Å². The Kier molecular flexibility index (Phi) is 5.21. The van der Waals surface area contributed by atoms with E-state index in [1.807, 2.05) is 0 Å². The van der Waals surface area contributed by atoms with E-state index in [9.17, 15) is 4.79 Å². The maximum atomic E-state index is 10.3. The number of carbonyl (C=O) groups is 1. The van der Waals surface area contributed by atoms with Crippen LogP contribution in [-0.4, -0.2) is 27.6 Å². The molecule has 0 atom stereocenters. The van der Waals surface area contributed by atoms with Gasteiger partial charge in [0.25, 0.3) is 0 Å². The molecule has 1 amide bonds. The third kappa shape index (κ3) is 5.66. The van der Waals surface area contributed by atoms with Crippen molar-refractivity contribution < 1.29 is 9.53 Å². The van der Waals surface area contributed by atoms with Crippen molar-refractivity contribution in [3.05, 3.63) is 12.4 Å². The van der Waals surface area contributed by atoms with Crippen LogP contribution in [-0.2, 0) is 4.74 Å². The van der Waals surface area contributed by atoms with Crippen molar-refractivity contribution in [3.63, 3.8) is 0 Å². The van der Waals surface area contributed by atoms with Gasteiger partial charge in [0.15, 0.2) is 0 Å². The molecule has 1 fully saturated rings. The second-order valence-corrected chi connectivity index (χ2v) is 3.35. The molecule has 1 aromatic rings. The van der Waals surface area contributed by atoms with Gasteiger partial charge in [-0.3, -0.25) is 0 Å². The summed E-state index contributed by atoms with van der Waals surface area (Å²) in [4.78, 5) is 10.3. The Hall–Kier alpha value is -1.59. The van der Waals surface area contributed by atoms with Gasteiger partial charge >= 0.3 is 6.09 Å². The first kappa shape index (κ1) is 11.5. The minimum absolute atomic E-state index is 0.103. The molecular weight excluding hydrogens is 196 g/mol. The Morgan fingerprint density at radius 3 is 2.27 bits per heavy atom. The summed E-state index contributed by atoms with van der Waals surface area (Å²) in [6.07, 6.45) is 8.21. The van der Waals surface area contributed by atoms with Crippen LogP contribution < -0.4 is 5.73 Å². The number of nitrogens with one attached hydrogen (secondary N) is 1. The standard InChI is InChI=1S/C7H13NO2.C2H3N3/c8-7(9)10-6-4-2-1-3-5-6;1-2-4-5-3-1/h6H,1-5H2,(H2,8,9);1-2H,(H,3,4,5). The quantitative estimate of drug-likeness (QED) is 0.731. The molecule has 1 saturated carbocycles. The van der Waals surface area contributed by atoms with Gasteiger partial charge in [-0.1, -0.05) is 6.42 Å². The first-order chi connectivity index (χ1) is 7.29. The molecule has 0 unspecified atom stereocenters. The van der Waals surface area contributed by atoms with Crippen molar-refractivity contribution in [2.24, 2.45) is 5.73 Å². The van der Waals surface area contributed by atoms with Crippen LogP contribution >= 0.6 is 0 Å². The maximum absolute atomic E-state index is 10.3. The molecule has 1 aliphatic carbocycles. The summed E-state index contributed by atoms with van der Waals surface area (Å²) in [5.74, 6) is 0. The van der Waals surface area contributed by atoms with Crippen molar-refractivity contribution in [2.75, 3.05) is 0 Å². The van der Waals surface area contributed by atoms with Gasteiger partial charge in [-0.15, -0.1) is 0 Å². The Morgan fingerprint density at radius 1 is 1.27 bits per heavy atom. The predicted molar refractivity (Wildman–Crippen MR) is 53.9 cm³/mol. The summed E-state index contributed by atoms with van der Waals surface area (Å²) in [7, 11) is 0. The lowest BCUT2D eigenvalue weighted by molar-refractivity contribution is 0.0829. The van der Waals surface area contributed by atoms with Gasteiger partial charge in [0, 0.05) is 0 Å². The molecule has 0 aromatic carbocycles. The number of nitrogens with zero attached hydrogens (tertiary/aromatic N) is 2. The number of aromatic amines is 1. The van der Waals surface area contributed by atoms with Gasteiger partial charge < -0.3 is 10.5 Å². The van der Waals surface area contributed by atoms with Crippen LogP contribution in [0.2, 0.25) is 0 Å². The minimum atomic E-state index is -0.632. The summed E-state index contributed by atoms with van der Waals surface area (Å²) in [6.45, 7) is 0. The van der Waals surface area contributed by atoms with E-state index in [1.54, 1.807) is 12.4 Å². The van der Waals surface area contributed by atoms with Crippen LogP contribution in [0.15, 0.2) is 12.4 Å². The van der Waals surface area contributed by atoms with Crippen LogP contribution in [0.1, 0.15) is 32.1 Å². The van der Waals surface area contributed by atoms with Gasteiger partial charge in [-0.25, -0.2) is 4.79 Å². The highest BCUT2D eigenvalue weighted by Gasteiger charge is 2.15. The third-order valence-corrected chi connectivity index (χ3v) is 2.17. The zero-order valence-corrected chi connectivity index (χ0v) is 8.56. The highest BCUT2D eigenvalue weighted by atomic mass is 16.6. The summed E-state index contributed by atoms with van der Waals surface area (Å²) in [6, 6.07) is 0. The Balaban J connectivity index is 0.000000187. The molecule has 0 saturated heterocycles. The van der Waals surface area contributed by atoms with Gasteiger partial charge in [0.2, 0.25) is 0 Å². The molecule has 0 radical (unpaired) electrons. The molecule has 1 aromatic heterocycles. The van der Waals surface area contributed by atoms with Crippen LogP contribution in [0.4, 0.5) is 4.79 Å². The highest BCUT2D eigenvalue weighted by Crippen LogP contribution is 2.19. The van der Waals surface area contributed by atoms with Gasteiger partial charge in [-0.05, 0) is 25.7 Å². The topological polar surface area (TPSA) is 93.9 Å². The lowest BCUT2D eigenvalue weighted by atomic mass is 9.98. The summed E-state index contributed by atoms with van der Waals surface area (Å²) >= 11 is 0. The molecule has 15 heavy (non-hydrogen) atoms. The first-order valence-electron chi connectivity index (χ1n) is 5.05. The average molecular weight is 212 g/mol. The summed E-state index contributed by atoms with van der Waals surface area (Å²) in [5.41, 5.74) is 4.86. The maximum Gasteiger partial charge on any atom is 0.404 e. The second kappa shape index (κ2) is 6.80. The van der Waals surface area contributed by atoms with E-state index in [-0.39, 0.29) is 6.10 Å². The van der Waals surface area contributed by atoms with E-state index in [0.29, 0.717) is 0 Å². The van der Waals surface area contributed by atoms with E-state index in [0.717, 1.165) is 25.7 Å². The zero-order chi connectivity index (χ0) is 10.9. The Labute approximate surface area is 88.2 Å². The highest BCUT2D eigenvalue weighted by molar-refractivity contribution is 5.64. The largest absolute Gasteiger partial charge is 0.446 e. The fraction of sp³-hybridized carbons (Fsp3) is 0.667. The number of hydrogen-bond acceptors (Lipinski definition) is 4. The van der Waals surface area contributed by atoms with Crippen LogP contribution in [0, 0.1) is 0 Å². The summed E-state index contributed by atoms with van der Waals surface area (Å²) < 4.78 is 4.83. The van der Waals surface area contributed by atoms with E-state index in [2.05, 4.69) is 15.4 Å². The molecule has 2 rings (SSSR count). The lowest BCUT2D eigenvalue weighted by Gasteiger charge is -2.20. The fourth-order valence-electron chi connectivity index (χ4n) is 1.51. The third-order valence-electron chi connectivity index (χ3n) is 2.17. The van der Waals surface area contributed by atoms with Crippen LogP contribution in [0.3, 0.4) is 0 Å². The lowest BCUT2D eigenvalue weighted by Crippen LogP contribution is -2.24. The number of carbonyl (C=O) groups excluding carboxylic acids is 1. The van der Waals surface area contributed by atoms with Crippen LogP contribution in [0.25, 0.3) is 0 Å². The number of ether oxygens (including phenoxy) is 1. The van der Waals surface area contributed by atoms with Crippen molar-refractivity contribution in [2.45, 2.75) is 38.2 Å². The van der Waals surface area contributed by atoms with E-state index in [1.165, 1.54) is 6.42 Å². The molecule has 6 heteroatoms. The SMILES string of the molecule is NC(=O)OC1CCCCC1.c1cn[nH]n1. The molecular formula is C9H16N4O2. The second-order valence-electron chi connectivity index (χ2n) is 3.35. The number of H-pyrrole nitrogens is 1. The number of amides is 1. The van der Waals surface area contributed by atoms with Gasteiger partial charge in [0.1, 0.15) is 6.10 Å². The van der Waals surface area contributed by atoms with Gasteiger partial charge in [-0.2, -0.15) is 15.4 Å². The number of rotatable bonds is 1. The minimum Gasteiger partial charge on any atom is -0.446 e. The number of hydrogen-bond donors (Lipinski definition) is 2. The molecule has 0 spiro atoms. The van der Waals surface area contributed by atoms with E-state index in [4.69, 9.17) is 10.5 Å². The van der Waals surface area contributed by atoms with Crippen molar-refractivity contribution in [1.82, 2.24) is 15.4 Å². The monoisotopic (exact) mass is 212 g/mol. The molecule has 1 heterocycles. The smallest absolute Gasteiger partial charge is 0.404 e. The molecule has 0 bridgehead atoms. The molecule has 1 aliphatic rings. The predicted octanol–water partition coefficient (Wildman–Crippen LogP) is 1.22. The Morgan fingerprint density at radius 2 is 1.87 bits per heavy atom. The Bertz CT molecular complexity index is 240. The first-order valence-corrected chi connectivity index (χ1v) is 5.05. The number of nitrogens with two attached hydrogens (primary N) is 1. The summed E-state index contributed by atoms with van der Waals surface area (Å²) in [5, 5.41) is 9.33. The average Bonchev–Trinajstić information content (AvgIpc) is 2.76. The van der Waals surface area contributed by atoms with Crippen molar-refractivity contribution in [1.29, 1.82) is 0 Å². The zero-order valence-electron chi connectivity index (χ0n) is 8.56. The molecule has 0 aliphatic heterocycles. The number of primary amides is 1. The molecule has 3 N–H and O–H groups in total. The van der Waals surface area contributed by atoms with E-state index >= 15 is 0 Å². The normalized spacial score (nSPS) is 16.3. The number of aromatic nitrogens is 3. The van der Waals surface area contributed by atoms with Crippen LogP contribution in [0.5, 0.6) is 0 Å². The molecule has 84 valence electrons. The molecule has 6 nitrogen and oxygen atoms in total. The van der Waals surface area contributed by atoms with E-state index < -0.39 is 6.09 Å².